The zero-order chi connectivity index (χ0) is 26.2. The normalized spacial score (nSPS) is 17.5. The van der Waals surface area contributed by atoms with E-state index in [1.54, 1.807) is 38.1 Å². The monoisotopic (exact) mass is 515 g/mol. The van der Waals surface area contributed by atoms with E-state index in [0.717, 1.165) is 34.7 Å². The maximum atomic E-state index is 13.3. The van der Waals surface area contributed by atoms with Gasteiger partial charge in [-0.25, -0.2) is 0 Å². The SMILES string of the molecule is CCOc1cc(/C(O)=C2\C(=O)C(=O)N(c3ccc(C(F)(F)F)cc3)C2c2ccccc2C)ccc1Cl. The largest absolute Gasteiger partial charge is 0.507 e. The zero-order valence-electron chi connectivity index (χ0n) is 19.3. The van der Waals surface area contributed by atoms with Crippen LogP contribution in [0.1, 0.15) is 35.2 Å². The molecule has 1 saturated heterocycles. The molecule has 36 heavy (non-hydrogen) atoms. The molecule has 9 heteroatoms. The fourth-order valence-electron chi connectivity index (χ4n) is 4.17. The lowest BCUT2D eigenvalue weighted by molar-refractivity contribution is -0.137. The summed E-state index contributed by atoms with van der Waals surface area (Å²) in [4.78, 5) is 27.6. The first-order valence-electron chi connectivity index (χ1n) is 11.0. The molecule has 3 aromatic rings. The van der Waals surface area contributed by atoms with Crippen LogP contribution < -0.4 is 9.64 Å². The Morgan fingerprint density at radius 1 is 1.06 bits per heavy atom. The van der Waals surface area contributed by atoms with Gasteiger partial charge in [0.25, 0.3) is 11.7 Å². The Morgan fingerprint density at radius 3 is 2.33 bits per heavy atom. The van der Waals surface area contributed by atoms with Crippen LogP contribution >= 0.6 is 11.6 Å². The van der Waals surface area contributed by atoms with Crippen LogP contribution in [0.2, 0.25) is 5.02 Å². The van der Waals surface area contributed by atoms with E-state index in [1.165, 1.54) is 18.2 Å². The quantitative estimate of drug-likeness (QED) is 0.233. The van der Waals surface area contributed by atoms with Crippen LogP contribution in [0.25, 0.3) is 5.76 Å². The molecular formula is C27H21ClF3NO4. The van der Waals surface area contributed by atoms with E-state index >= 15 is 0 Å². The summed E-state index contributed by atoms with van der Waals surface area (Å²) in [6.45, 7) is 3.85. The summed E-state index contributed by atoms with van der Waals surface area (Å²) in [6.07, 6.45) is -4.56. The number of Topliss-reactive ketones (excluding diaryl/α,β-unsaturated/α-hetero) is 1. The number of amides is 1. The molecule has 1 fully saturated rings. The van der Waals surface area contributed by atoms with Crippen molar-refractivity contribution >= 4 is 34.7 Å². The standard InChI is InChI=1S/C27H21ClF3NO4/c1-3-36-21-14-16(8-13-20(21)28)24(33)22-23(19-7-5-4-6-15(19)2)32(26(35)25(22)34)18-11-9-17(10-12-18)27(29,30)31/h4-14,23,33H,3H2,1-2H3/b24-22+. The van der Waals surface area contributed by atoms with Gasteiger partial charge in [-0.05, 0) is 67.4 Å². The highest BCUT2D eigenvalue weighted by Crippen LogP contribution is 2.44. The minimum absolute atomic E-state index is 0.0866. The Bertz CT molecular complexity index is 1370. The number of aryl methyl sites for hydroxylation is 1. The van der Waals surface area contributed by atoms with Crippen LogP contribution in [0.4, 0.5) is 18.9 Å². The van der Waals surface area contributed by atoms with Gasteiger partial charge in [0.1, 0.15) is 11.5 Å². The number of anilines is 1. The van der Waals surface area contributed by atoms with Crippen LogP contribution in [-0.2, 0) is 15.8 Å². The van der Waals surface area contributed by atoms with Gasteiger partial charge >= 0.3 is 6.18 Å². The lowest BCUT2D eigenvalue weighted by Crippen LogP contribution is -2.29. The number of halogens is 4. The molecule has 1 unspecified atom stereocenters. The number of hydrogen-bond donors (Lipinski definition) is 1. The van der Waals surface area contributed by atoms with Gasteiger partial charge in [0.2, 0.25) is 0 Å². The fraction of sp³-hybridized carbons (Fsp3) is 0.185. The molecule has 0 aliphatic carbocycles. The first-order chi connectivity index (χ1) is 17.0. The van der Waals surface area contributed by atoms with Gasteiger partial charge in [0.05, 0.1) is 28.8 Å². The van der Waals surface area contributed by atoms with Crippen LogP contribution in [0.5, 0.6) is 5.75 Å². The van der Waals surface area contributed by atoms with Crippen molar-refractivity contribution in [1.29, 1.82) is 0 Å². The Labute approximate surface area is 210 Å². The van der Waals surface area contributed by atoms with Crippen molar-refractivity contribution in [2.24, 2.45) is 0 Å². The van der Waals surface area contributed by atoms with Gasteiger partial charge in [-0.1, -0.05) is 35.9 Å². The van der Waals surface area contributed by atoms with Crippen LogP contribution in [0.3, 0.4) is 0 Å². The first-order valence-corrected chi connectivity index (χ1v) is 11.4. The molecule has 0 aromatic heterocycles. The predicted octanol–water partition coefficient (Wildman–Crippen LogP) is 6.69. The number of aliphatic hydroxyl groups is 1. The summed E-state index contributed by atoms with van der Waals surface area (Å²) in [7, 11) is 0. The molecule has 1 amide bonds. The number of rotatable bonds is 5. The zero-order valence-corrected chi connectivity index (χ0v) is 20.0. The first kappa shape index (κ1) is 25.3. The maximum Gasteiger partial charge on any atom is 0.416 e. The highest BCUT2D eigenvalue weighted by molar-refractivity contribution is 6.51. The van der Waals surface area contributed by atoms with Crippen molar-refractivity contribution < 1.29 is 32.6 Å². The van der Waals surface area contributed by atoms with Crippen LogP contribution in [-0.4, -0.2) is 23.4 Å². The van der Waals surface area contributed by atoms with Gasteiger partial charge in [0.15, 0.2) is 0 Å². The predicted molar refractivity (Wildman–Crippen MR) is 130 cm³/mol. The molecule has 0 radical (unpaired) electrons. The van der Waals surface area contributed by atoms with Gasteiger partial charge in [-0.2, -0.15) is 13.2 Å². The van der Waals surface area contributed by atoms with Gasteiger partial charge in [-0.15, -0.1) is 0 Å². The number of hydrogen-bond acceptors (Lipinski definition) is 4. The Hall–Kier alpha value is -3.78. The van der Waals surface area contributed by atoms with Crippen LogP contribution in [0, 0.1) is 6.92 Å². The third kappa shape index (κ3) is 4.56. The summed E-state index contributed by atoms with van der Waals surface area (Å²) in [5.41, 5.74) is 0.463. The summed E-state index contributed by atoms with van der Waals surface area (Å²) >= 11 is 6.15. The molecule has 0 bridgehead atoms. The number of carbonyl (C=O) groups excluding carboxylic acids is 2. The van der Waals surface area contributed by atoms with Gasteiger partial charge < -0.3 is 9.84 Å². The van der Waals surface area contributed by atoms with Crippen LogP contribution in [0.15, 0.2) is 72.3 Å². The Balaban J connectivity index is 1.92. The molecule has 1 N–H and O–H groups in total. The average Bonchev–Trinajstić information content (AvgIpc) is 3.10. The number of ketones is 1. The van der Waals surface area contributed by atoms with E-state index < -0.39 is 35.2 Å². The Morgan fingerprint density at radius 2 is 1.72 bits per heavy atom. The van der Waals surface area contributed by atoms with Crippen molar-refractivity contribution in [3.63, 3.8) is 0 Å². The van der Waals surface area contributed by atoms with E-state index in [1.807, 2.05) is 0 Å². The molecular weight excluding hydrogens is 495 g/mol. The summed E-state index contributed by atoms with van der Waals surface area (Å²) in [5, 5.41) is 11.6. The number of benzene rings is 3. The minimum atomic E-state index is -4.56. The lowest BCUT2D eigenvalue weighted by Gasteiger charge is -2.27. The third-order valence-corrected chi connectivity index (χ3v) is 6.22. The highest BCUT2D eigenvalue weighted by Gasteiger charge is 2.47. The van der Waals surface area contributed by atoms with E-state index in [0.29, 0.717) is 17.2 Å². The van der Waals surface area contributed by atoms with Crippen molar-refractivity contribution in [1.82, 2.24) is 0 Å². The third-order valence-electron chi connectivity index (χ3n) is 5.90. The fourth-order valence-corrected chi connectivity index (χ4v) is 4.34. The summed E-state index contributed by atoms with van der Waals surface area (Å²) < 4.78 is 44.8. The average molecular weight is 516 g/mol. The second-order valence-corrected chi connectivity index (χ2v) is 8.56. The van der Waals surface area contributed by atoms with Gasteiger partial charge in [-0.3, -0.25) is 14.5 Å². The van der Waals surface area contributed by atoms with E-state index in [-0.39, 0.29) is 22.6 Å². The van der Waals surface area contributed by atoms with E-state index in [2.05, 4.69) is 0 Å². The minimum Gasteiger partial charge on any atom is -0.507 e. The van der Waals surface area contributed by atoms with Crippen molar-refractivity contribution in [3.8, 4) is 5.75 Å². The molecule has 5 nitrogen and oxygen atoms in total. The Kier molecular flexibility index (Phi) is 6.82. The lowest BCUT2D eigenvalue weighted by atomic mass is 9.92. The molecule has 1 heterocycles. The number of aliphatic hydroxyl groups excluding tert-OH is 1. The topological polar surface area (TPSA) is 66.8 Å². The second-order valence-electron chi connectivity index (χ2n) is 8.15. The smallest absolute Gasteiger partial charge is 0.416 e. The van der Waals surface area contributed by atoms with Crippen molar-refractivity contribution in [2.45, 2.75) is 26.1 Å². The molecule has 1 atom stereocenters. The number of ether oxygens (including phenoxy) is 1. The number of carbonyl (C=O) groups is 2. The molecule has 186 valence electrons. The molecule has 3 aromatic carbocycles. The van der Waals surface area contributed by atoms with Crippen molar-refractivity contribution in [2.75, 3.05) is 11.5 Å². The second kappa shape index (κ2) is 9.70. The summed E-state index contributed by atoms with van der Waals surface area (Å²) in [5.74, 6) is -2.10. The van der Waals surface area contributed by atoms with E-state index in [9.17, 15) is 27.9 Å². The molecule has 0 spiro atoms. The molecule has 0 saturated carbocycles. The molecule has 1 aliphatic heterocycles. The maximum absolute atomic E-state index is 13.3. The number of nitrogens with zero attached hydrogens (tertiary/aromatic N) is 1. The van der Waals surface area contributed by atoms with Gasteiger partial charge in [0, 0.05) is 11.3 Å². The molecule has 4 rings (SSSR count). The molecule has 1 aliphatic rings. The summed E-state index contributed by atoms with van der Waals surface area (Å²) in [6, 6.07) is 14.3. The number of alkyl halides is 3. The van der Waals surface area contributed by atoms with Crippen molar-refractivity contribution in [3.05, 3.63) is 99.6 Å². The van der Waals surface area contributed by atoms with E-state index in [4.69, 9.17) is 16.3 Å². The highest BCUT2D eigenvalue weighted by atomic mass is 35.5.